The Balaban J connectivity index is 3.64. The summed E-state index contributed by atoms with van der Waals surface area (Å²) in [4.78, 5) is -1.71. The fourth-order valence-electron chi connectivity index (χ4n) is 0.853. The lowest BCUT2D eigenvalue weighted by molar-refractivity contribution is 0.547. The van der Waals surface area contributed by atoms with Crippen molar-refractivity contribution in [3.05, 3.63) is 24.3 Å². The number of halogens is 2. The topological polar surface area (TPSA) is 68.3 Å². The molecule has 0 bridgehead atoms. The monoisotopic (exact) mass is 258 g/mol. The Kier molecular flexibility index (Phi) is 2.84. The van der Waals surface area contributed by atoms with Crippen LogP contribution in [0.5, 0.6) is 0 Å². The minimum absolute atomic E-state index is 0.760. The number of hydrogen-bond acceptors (Lipinski definition) is 4. The lowest BCUT2D eigenvalue weighted by Gasteiger charge is -2.00. The minimum atomic E-state index is -5.08. The van der Waals surface area contributed by atoms with E-state index in [9.17, 15) is 20.7 Å². The third-order valence-electron chi connectivity index (χ3n) is 1.37. The average molecular weight is 259 g/mol. The van der Waals surface area contributed by atoms with Crippen molar-refractivity contribution in [2.24, 2.45) is 0 Å². The van der Waals surface area contributed by atoms with Crippen LogP contribution in [-0.2, 0) is 19.3 Å². The van der Waals surface area contributed by atoms with E-state index in [1.54, 1.807) is 0 Å². The van der Waals surface area contributed by atoms with Crippen molar-refractivity contribution in [3.63, 3.8) is 0 Å². The molecule has 0 saturated heterocycles. The summed E-state index contributed by atoms with van der Waals surface area (Å²) in [5.74, 6) is 0. The Morgan fingerprint density at radius 1 is 1.00 bits per heavy atom. The van der Waals surface area contributed by atoms with Gasteiger partial charge in [-0.05, 0) is 12.1 Å². The van der Waals surface area contributed by atoms with Crippen molar-refractivity contribution in [2.75, 3.05) is 0 Å². The van der Waals surface area contributed by atoms with Crippen molar-refractivity contribution in [3.8, 4) is 0 Å². The van der Waals surface area contributed by atoms with Crippen LogP contribution < -0.4 is 0 Å². The van der Waals surface area contributed by atoms with Gasteiger partial charge in [-0.1, -0.05) is 12.1 Å². The third kappa shape index (κ3) is 2.43. The van der Waals surface area contributed by atoms with Gasteiger partial charge in [0.15, 0.2) is 0 Å². The van der Waals surface area contributed by atoms with Crippen LogP contribution in [0, 0.1) is 0 Å². The van der Waals surface area contributed by atoms with Crippen LogP contribution >= 0.6 is 10.7 Å². The van der Waals surface area contributed by atoms with E-state index in [0.717, 1.165) is 12.1 Å². The van der Waals surface area contributed by atoms with Gasteiger partial charge in [-0.25, -0.2) is 8.42 Å². The van der Waals surface area contributed by atoms with Gasteiger partial charge in [-0.15, -0.1) is 3.89 Å². The molecule has 0 spiro atoms. The molecule has 0 aliphatic heterocycles. The highest BCUT2D eigenvalue weighted by atomic mass is 35.7. The largest absolute Gasteiger partial charge is 0.333 e. The minimum Gasteiger partial charge on any atom is -0.207 e. The van der Waals surface area contributed by atoms with Crippen LogP contribution in [-0.4, -0.2) is 16.8 Å². The summed E-state index contributed by atoms with van der Waals surface area (Å²) >= 11 is 0. The summed E-state index contributed by atoms with van der Waals surface area (Å²) in [6.07, 6.45) is 0. The molecule has 8 heteroatoms. The van der Waals surface area contributed by atoms with E-state index < -0.39 is 29.1 Å². The average Bonchev–Trinajstić information content (AvgIpc) is 2.01. The molecule has 0 aromatic heterocycles. The van der Waals surface area contributed by atoms with Crippen LogP contribution in [0.2, 0.25) is 0 Å². The first-order valence-corrected chi connectivity index (χ1v) is 6.90. The fourth-order valence-corrected chi connectivity index (χ4v) is 3.12. The van der Waals surface area contributed by atoms with Crippen molar-refractivity contribution >= 4 is 30.0 Å². The Bertz CT molecular complexity index is 498. The molecule has 1 aromatic carbocycles. The normalized spacial score (nSPS) is 12.7. The van der Waals surface area contributed by atoms with Crippen LogP contribution in [0.15, 0.2) is 34.1 Å². The maximum atomic E-state index is 12.6. The molecule has 0 aliphatic rings. The van der Waals surface area contributed by atoms with E-state index in [4.69, 9.17) is 10.7 Å². The maximum Gasteiger partial charge on any atom is 0.333 e. The van der Waals surface area contributed by atoms with E-state index in [1.807, 2.05) is 0 Å². The van der Waals surface area contributed by atoms with Crippen molar-refractivity contribution in [2.45, 2.75) is 9.79 Å². The van der Waals surface area contributed by atoms with Crippen molar-refractivity contribution in [1.29, 1.82) is 0 Å². The second-order valence-corrected chi connectivity index (χ2v) is 6.17. The summed E-state index contributed by atoms with van der Waals surface area (Å²) in [7, 11) is -4.43. The molecule has 0 heterocycles. The Morgan fingerprint density at radius 2 is 1.43 bits per heavy atom. The van der Waals surface area contributed by atoms with Crippen LogP contribution in [0.3, 0.4) is 0 Å². The zero-order chi connectivity index (χ0) is 11.0. The molecule has 0 atom stereocenters. The van der Waals surface area contributed by atoms with Crippen LogP contribution in [0.25, 0.3) is 0 Å². The number of hydrogen-bond donors (Lipinski definition) is 0. The summed E-state index contributed by atoms with van der Waals surface area (Å²) in [5.41, 5.74) is 0. The lowest BCUT2D eigenvalue weighted by Crippen LogP contribution is -2.01. The molecule has 0 aliphatic carbocycles. The summed E-state index contributed by atoms with van der Waals surface area (Å²) in [6, 6.07) is 4.17. The van der Waals surface area contributed by atoms with Crippen molar-refractivity contribution < 1.29 is 20.7 Å². The Labute approximate surface area is 85.0 Å². The zero-order valence-electron chi connectivity index (χ0n) is 6.51. The van der Waals surface area contributed by atoms with Crippen LogP contribution in [0.4, 0.5) is 3.89 Å². The molecule has 0 fully saturated rings. The first-order valence-electron chi connectivity index (χ1n) is 3.21. The SMILES string of the molecule is O=S(=O)(F)c1ccccc1S(=O)(=O)Cl. The molecule has 0 radical (unpaired) electrons. The first-order chi connectivity index (χ1) is 6.23. The maximum absolute atomic E-state index is 12.6. The van der Waals surface area contributed by atoms with Gasteiger partial charge in [0, 0.05) is 10.7 Å². The molecule has 0 amide bonds. The van der Waals surface area contributed by atoms with Crippen LogP contribution in [0.1, 0.15) is 0 Å². The standard InChI is InChI=1S/C6H4ClFO4S2/c7-13(9,10)5-3-1-2-4-6(5)14(8,11)12/h1-4H. The van der Waals surface area contributed by atoms with Gasteiger partial charge in [-0.2, -0.15) is 8.42 Å². The van der Waals surface area contributed by atoms with E-state index in [2.05, 4.69) is 0 Å². The second kappa shape index (κ2) is 3.48. The molecule has 78 valence electrons. The summed E-state index contributed by atoms with van der Waals surface area (Å²) in [6.45, 7) is 0. The van der Waals surface area contributed by atoms with E-state index in [1.165, 1.54) is 12.1 Å². The third-order valence-corrected chi connectivity index (χ3v) is 3.77. The molecule has 4 nitrogen and oxygen atoms in total. The van der Waals surface area contributed by atoms with E-state index in [-0.39, 0.29) is 0 Å². The molecule has 1 aromatic rings. The molecule has 0 saturated carbocycles. The predicted octanol–water partition coefficient (Wildman–Crippen LogP) is 1.27. The van der Waals surface area contributed by atoms with Gasteiger partial charge < -0.3 is 0 Å². The quantitative estimate of drug-likeness (QED) is 0.749. The van der Waals surface area contributed by atoms with Gasteiger partial charge in [0.05, 0.1) is 0 Å². The van der Waals surface area contributed by atoms with Gasteiger partial charge in [-0.3, -0.25) is 0 Å². The lowest BCUT2D eigenvalue weighted by atomic mass is 10.4. The molecule has 1 rings (SSSR count). The Morgan fingerprint density at radius 3 is 1.71 bits per heavy atom. The summed E-state index contributed by atoms with van der Waals surface area (Å²) < 4.78 is 55.3. The summed E-state index contributed by atoms with van der Waals surface area (Å²) in [5, 5.41) is 0. The number of rotatable bonds is 2. The predicted molar refractivity (Wildman–Crippen MR) is 47.8 cm³/mol. The zero-order valence-corrected chi connectivity index (χ0v) is 8.90. The fraction of sp³-hybridized carbons (Fsp3) is 0. The second-order valence-electron chi connectivity index (χ2n) is 2.32. The van der Waals surface area contributed by atoms with Gasteiger partial charge in [0.2, 0.25) is 0 Å². The Hall–Kier alpha value is -0.660. The molecular weight excluding hydrogens is 255 g/mol. The van der Waals surface area contributed by atoms with Gasteiger partial charge >= 0.3 is 10.2 Å². The van der Waals surface area contributed by atoms with Gasteiger partial charge in [0.25, 0.3) is 9.05 Å². The molecule has 0 N–H and O–H groups in total. The molecular formula is C6H4ClFO4S2. The van der Waals surface area contributed by atoms with Crippen molar-refractivity contribution in [1.82, 2.24) is 0 Å². The van der Waals surface area contributed by atoms with Gasteiger partial charge in [0.1, 0.15) is 9.79 Å². The highest BCUT2D eigenvalue weighted by molar-refractivity contribution is 8.14. The highest BCUT2D eigenvalue weighted by Gasteiger charge is 2.23. The highest BCUT2D eigenvalue weighted by Crippen LogP contribution is 2.24. The van der Waals surface area contributed by atoms with E-state index >= 15 is 0 Å². The molecule has 14 heavy (non-hydrogen) atoms. The number of benzene rings is 1. The molecule has 0 unspecified atom stereocenters. The smallest absolute Gasteiger partial charge is 0.207 e. The first kappa shape index (κ1) is 11.4. The van der Waals surface area contributed by atoms with E-state index in [0.29, 0.717) is 0 Å².